The Bertz CT molecular complexity index is 1770. The van der Waals surface area contributed by atoms with Crippen molar-refractivity contribution >= 4 is 34.2 Å². The summed E-state index contributed by atoms with van der Waals surface area (Å²) < 4.78 is 17.2. The first kappa shape index (κ1) is 27.1. The largest absolute Gasteiger partial charge is 0.312 e. The SMILES string of the molecule is Cc1cn(-c2ccc(=O)n(CCc3ccc4ncc(C(C=N)C=NCCN(C)C)cc4c3)n2)c2cc(F)ccc12. The van der Waals surface area contributed by atoms with Crippen LogP contribution in [0.2, 0.25) is 0 Å². The van der Waals surface area contributed by atoms with Gasteiger partial charge in [-0.2, -0.15) is 5.10 Å². The maximum absolute atomic E-state index is 14.0. The molecule has 0 aliphatic rings. The quantitative estimate of drug-likeness (QED) is 0.259. The molecule has 1 atom stereocenters. The molecule has 204 valence electrons. The molecule has 0 saturated carbocycles. The Morgan fingerprint density at radius 2 is 1.98 bits per heavy atom. The molecule has 3 heterocycles. The number of nitrogens with one attached hydrogen (secondary N) is 1. The number of benzene rings is 2. The maximum Gasteiger partial charge on any atom is 0.266 e. The summed E-state index contributed by atoms with van der Waals surface area (Å²) in [6.45, 7) is 3.88. The van der Waals surface area contributed by atoms with Gasteiger partial charge in [0.15, 0.2) is 5.82 Å². The van der Waals surface area contributed by atoms with Gasteiger partial charge in [0.25, 0.3) is 5.56 Å². The molecule has 0 aliphatic carbocycles. The summed E-state index contributed by atoms with van der Waals surface area (Å²) >= 11 is 0. The van der Waals surface area contributed by atoms with Crippen molar-refractivity contribution in [3.8, 4) is 5.82 Å². The highest BCUT2D eigenvalue weighted by Gasteiger charge is 2.12. The molecule has 1 N–H and O–H groups in total. The lowest BCUT2D eigenvalue weighted by Crippen LogP contribution is -2.24. The summed E-state index contributed by atoms with van der Waals surface area (Å²) in [5, 5.41) is 14.4. The summed E-state index contributed by atoms with van der Waals surface area (Å²) in [5.74, 6) is -0.00614. The molecule has 3 aromatic heterocycles. The number of rotatable bonds is 10. The van der Waals surface area contributed by atoms with E-state index in [0.717, 1.165) is 39.5 Å². The minimum atomic E-state index is -0.322. The van der Waals surface area contributed by atoms with Crippen LogP contribution in [0.5, 0.6) is 0 Å². The lowest BCUT2D eigenvalue weighted by atomic mass is 10.0. The van der Waals surface area contributed by atoms with Crippen molar-refractivity contribution in [1.29, 1.82) is 5.41 Å². The number of nitrogens with zero attached hydrogens (tertiary/aromatic N) is 6. The zero-order valence-electron chi connectivity index (χ0n) is 22.9. The van der Waals surface area contributed by atoms with Gasteiger partial charge < -0.3 is 10.3 Å². The van der Waals surface area contributed by atoms with Crippen molar-refractivity contribution in [3.63, 3.8) is 0 Å². The number of aromatic nitrogens is 4. The first-order chi connectivity index (χ1) is 19.3. The standard InChI is InChI=1S/C31H32FN7O/c1-21-20-38(29-16-26(32)5-6-27(21)29)30-8-9-31(40)39(36-30)12-10-22-4-7-28-23(14-22)15-24(19-35-28)25(17-33)18-34-11-13-37(2)3/h4-9,14-20,25,33H,10-13H2,1-3H3. The van der Waals surface area contributed by atoms with Gasteiger partial charge in [-0.05, 0) is 86.6 Å². The van der Waals surface area contributed by atoms with Gasteiger partial charge in [-0.3, -0.25) is 19.3 Å². The van der Waals surface area contributed by atoms with Gasteiger partial charge in [-0.15, -0.1) is 0 Å². The molecule has 0 bridgehead atoms. The molecular formula is C31H32FN7O. The number of fused-ring (bicyclic) bond motifs is 2. The van der Waals surface area contributed by atoms with Gasteiger partial charge in [0.05, 0.1) is 23.5 Å². The Balaban J connectivity index is 1.36. The molecule has 0 fully saturated rings. The number of likely N-dealkylation sites (N-methyl/N-ethyl adjacent to an activating group) is 1. The van der Waals surface area contributed by atoms with E-state index in [-0.39, 0.29) is 17.3 Å². The number of aryl methyl sites for hydroxylation is 3. The second-order valence-electron chi connectivity index (χ2n) is 10.2. The van der Waals surface area contributed by atoms with Crippen LogP contribution in [0.3, 0.4) is 0 Å². The van der Waals surface area contributed by atoms with Crippen LogP contribution in [0.4, 0.5) is 4.39 Å². The molecule has 9 heteroatoms. The van der Waals surface area contributed by atoms with Crippen LogP contribution < -0.4 is 5.56 Å². The van der Waals surface area contributed by atoms with Gasteiger partial charge in [-0.1, -0.05) is 6.07 Å². The van der Waals surface area contributed by atoms with Crippen molar-refractivity contribution in [2.45, 2.75) is 25.8 Å². The van der Waals surface area contributed by atoms with Gasteiger partial charge >= 0.3 is 0 Å². The third-order valence-electron chi connectivity index (χ3n) is 6.95. The van der Waals surface area contributed by atoms with E-state index in [1.54, 1.807) is 24.5 Å². The van der Waals surface area contributed by atoms with Gasteiger partial charge in [0, 0.05) is 54.8 Å². The molecule has 0 radical (unpaired) electrons. The molecule has 0 aliphatic heterocycles. The van der Waals surface area contributed by atoms with E-state index < -0.39 is 0 Å². The van der Waals surface area contributed by atoms with Gasteiger partial charge in [0.2, 0.25) is 0 Å². The third-order valence-corrected chi connectivity index (χ3v) is 6.95. The summed E-state index contributed by atoms with van der Waals surface area (Å²) in [4.78, 5) is 23.8. The van der Waals surface area contributed by atoms with Crippen molar-refractivity contribution in [2.75, 3.05) is 27.2 Å². The number of pyridine rings is 1. The number of hydrogen-bond acceptors (Lipinski definition) is 6. The van der Waals surface area contributed by atoms with E-state index in [9.17, 15) is 9.18 Å². The van der Waals surface area contributed by atoms with Gasteiger partial charge in [-0.25, -0.2) is 9.07 Å². The smallest absolute Gasteiger partial charge is 0.266 e. The second kappa shape index (κ2) is 11.7. The maximum atomic E-state index is 14.0. The highest BCUT2D eigenvalue weighted by atomic mass is 19.1. The van der Waals surface area contributed by atoms with Crippen LogP contribution in [0.1, 0.15) is 22.6 Å². The van der Waals surface area contributed by atoms with E-state index in [1.807, 2.05) is 50.0 Å². The van der Waals surface area contributed by atoms with Crippen molar-refractivity contribution in [2.24, 2.45) is 4.99 Å². The summed E-state index contributed by atoms with van der Waals surface area (Å²) in [6, 6.07) is 15.9. The molecule has 5 rings (SSSR count). The average Bonchev–Trinajstić information content (AvgIpc) is 3.27. The van der Waals surface area contributed by atoms with E-state index in [2.05, 4.69) is 26.0 Å². The number of hydrogen-bond donors (Lipinski definition) is 1. The number of aliphatic imine (C=N–C) groups is 1. The Labute approximate surface area is 231 Å². The van der Waals surface area contributed by atoms with Crippen LogP contribution >= 0.6 is 0 Å². The third kappa shape index (κ3) is 5.89. The van der Waals surface area contributed by atoms with Crippen molar-refractivity contribution in [3.05, 3.63) is 99.9 Å². The van der Waals surface area contributed by atoms with E-state index in [1.165, 1.54) is 29.1 Å². The highest BCUT2D eigenvalue weighted by molar-refractivity contribution is 5.91. The molecule has 5 aromatic rings. The Kier molecular flexibility index (Phi) is 7.93. The van der Waals surface area contributed by atoms with Crippen LogP contribution in [0, 0.1) is 18.2 Å². The number of halogens is 1. The molecular weight excluding hydrogens is 505 g/mol. The first-order valence-corrected chi connectivity index (χ1v) is 13.2. The summed E-state index contributed by atoms with van der Waals surface area (Å²) in [7, 11) is 4.01. The molecule has 1 unspecified atom stereocenters. The molecule has 8 nitrogen and oxygen atoms in total. The normalized spacial score (nSPS) is 12.6. The monoisotopic (exact) mass is 537 g/mol. The fraction of sp³-hybridized carbons (Fsp3) is 0.258. The zero-order valence-corrected chi connectivity index (χ0v) is 22.9. The Hall–Kier alpha value is -4.50. The summed E-state index contributed by atoms with van der Waals surface area (Å²) in [5.41, 5.74) is 4.32. The van der Waals surface area contributed by atoms with E-state index >= 15 is 0 Å². The van der Waals surface area contributed by atoms with Gasteiger partial charge in [0.1, 0.15) is 5.82 Å². The molecule has 0 amide bonds. The van der Waals surface area contributed by atoms with Crippen LogP contribution in [0.25, 0.3) is 27.6 Å². The predicted molar refractivity (Wildman–Crippen MR) is 159 cm³/mol. The fourth-order valence-corrected chi connectivity index (χ4v) is 4.73. The average molecular weight is 538 g/mol. The van der Waals surface area contributed by atoms with Crippen molar-refractivity contribution < 1.29 is 4.39 Å². The molecule has 2 aromatic carbocycles. The predicted octanol–water partition coefficient (Wildman–Crippen LogP) is 4.79. The van der Waals surface area contributed by atoms with E-state index in [4.69, 9.17) is 5.41 Å². The van der Waals surface area contributed by atoms with Crippen LogP contribution in [0.15, 0.2) is 76.8 Å². The second-order valence-corrected chi connectivity index (χ2v) is 10.2. The zero-order chi connectivity index (χ0) is 28.2. The summed E-state index contributed by atoms with van der Waals surface area (Å²) in [6.07, 6.45) is 7.47. The molecule has 40 heavy (non-hydrogen) atoms. The minimum Gasteiger partial charge on any atom is -0.312 e. The van der Waals surface area contributed by atoms with E-state index in [0.29, 0.717) is 30.8 Å². The Morgan fingerprint density at radius 3 is 2.77 bits per heavy atom. The fourth-order valence-electron chi connectivity index (χ4n) is 4.73. The Morgan fingerprint density at radius 1 is 1.12 bits per heavy atom. The molecule has 0 saturated heterocycles. The highest BCUT2D eigenvalue weighted by Crippen LogP contribution is 2.24. The van der Waals surface area contributed by atoms with Crippen molar-refractivity contribution in [1.82, 2.24) is 24.2 Å². The van der Waals surface area contributed by atoms with Crippen LogP contribution in [-0.2, 0) is 13.0 Å². The first-order valence-electron chi connectivity index (χ1n) is 13.2. The minimum absolute atomic E-state index is 0.199. The topological polar surface area (TPSA) is 92.2 Å². The lowest BCUT2D eigenvalue weighted by Gasteiger charge is -2.11. The molecule has 0 spiro atoms. The lowest BCUT2D eigenvalue weighted by molar-refractivity contribution is 0.420. The van der Waals surface area contributed by atoms with Crippen LogP contribution in [-0.4, -0.2) is 63.8 Å².